The molecule has 0 fully saturated rings. The first-order valence-corrected chi connectivity index (χ1v) is 8.07. The van der Waals surface area contributed by atoms with Gasteiger partial charge in [-0.25, -0.2) is 8.42 Å². The summed E-state index contributed by atoms with van der Waals surface area (Å²) in [5.74, 6) is 0. The summed E-state index contributed by atoms with van der Waals surface area (Å²) < 4.78 is 22.9. The fourth-order valence-corrected chi connectivity index (χ4v) is 2.11. The van der Waals surface area contributed by atoms with Crippen LogP contribution >= 0.6 is 0 Å². The van der Waals surface area contributed by atoms with Crippen molar-refractivity contribution in [2.45, 2.75) is 38.6 Å². The number of sulfone groups is 1. The molecule has 7 heteroatoms. The van der Waals surface area contributed by atoms with Crippen molar-refractivity contribution >= 4 is 21.2 Å². The summed E-state index contributed by atoms with van der Waals surface area (Å²) in [5, 5.41) is 14.2. The van der Waals surface area contributed by atoms with Gasteiger partial charge in [0.2, 0.25) is 0 Å². The molecule has 6 nitrogen and oxygen atoms in total. The molecule has 1 aromatic carbocycles. The van der Waals surface area contributed by atoms with E-state index in [1.165, 1.54) is 12.1 Å². The molecule has 0 saturated carbocycles. The lowest BCUT2D eigenvalue weighted by Crippen LogP contribution is -2.31. The molecular formula is C13H20N2O4S. The predicted molar refractivity (Wildman–Crippen MR) is 78.7 cm³/mol. The van der Waals surface area contributed by atoms with Gasteiger partial charge in [-0.3, -0.25) is 10.1 Å². The molecule has 0 aromatic heterocycles. The third-order valence-electron chi connectivity index (χ3n) is 3.27. The van der Waals surface area contributed by atoms with E-state index >= 15 is 0 Å². The van der Waals surface area contributed by atoms with Gasteiger partial charge in [0.1, 0.15) is 5.69 Å². The number of nitro groups is 1. The third kappa shape index (κ3) is 3.93. The minimum absolute atomic E-state index is 0.00900. The lowest BCUT2D eigenvalue weighted by Gasteiger charge is -2.28. The minimum atomic E-state index is -3.46. The second-order valence-electron chi connectivity index (χ2n) is 5.94. The van der Waals surface area contributed by atoms with Crippen LogP contribution in [-0.2, 0) is 9.84 Å². The van der Waals surface area contributed by atoms with Gasteiger partial charge >= 0.3 is 0 Å². The predicted octanol–water partition coefficient (Wildman–Crippen LogP) is 2.84. The Balaban J connectivity index is 3.25. The van der Waals surface area contributed by atoms with Crippen molar-refractivity contribution in [3.8, 4) is 0 Å². The van der Waals surface area contributed by atoms with E-state index in [1.807, 2.05) is 27.7 Å². The third-order valence-corrected chi connectivity index (χ3v) is 4.38. The number of hydrogen-bond acceptors (Lipinski definition) is 5. The Hall–Kier alpha value is -1.63. The van der Waals surface area contributed by atoms with Gasteiger partial charge in [0.05, 0.1) is 9.82 Å². The van der Waals surface area contributed by atoms with Crippen LogP contribution in [0.2, 0.25) is 0 Å². The second-order valence-corrected chi connectivity index (χ2v) is 7.96. The molecule has 0 amide bonds. The van der Waals surface area contributed by atoms with E-state index in [1.54, 1.807) is 0 Å². The van der Waals surface area contributed by atoms with E-state index < -0.39 is 14.8 Å². The van der Waals surface area contributed by atoms with Crippen molar-refractivity contribution < 1.29 is 13.3 Å². The summed E-state index contributed by atoms with van der Waals surface area (Å²) in [5.41, 5.74) is 0.0115. The maximum atomic E-state index is 11.5. The molecule has 20 heavy (non-hydrogen) atoms. The molecule has 1 N–H and O–H groups in total. The molecule has 0 saturated heterocycles. The normalized spacial score (nSPS) is 13.8. The topological polar surface area (TPSA) is 89.3 Å². The van der Waals surface area contributed by atoms with Crippen LogP contribution in [0.5, 0.6) is 0 Å². The summed E-state index contributed by atoms with van der Waals surface area (Å²) >= 11 is 0. The molecule has 0 heterocycles. The van der Waals surface area contributed by atoms with E-state index in [0.29, 0.717) is 5.69 Å². The Labute approximate surface area is 119 Å². The van der Waals surface area contributed by atoms with Gasteiger partial charge in [-0.2, -0.15) is 0 Å². The number of hydrogen-bond donors (Lipinski definition) is 1. The maximum Gasteiger partial charge on any atom is 0.293 e. The summed E-state index contributed by atoms with van der Waals surface area (Å²) in [6.45, 7) is 7.97. The first-order chi connectivity index (χ1) is 8.93. The highest BCUT2D eigenvalue weighted by atomic mass is 32.2. The van der Waals surface area contributed by atoms with Gasteiger partial charge in [0.15, 0.2) is 9.84 Å². The molecule has 0 aliphatic rings. The number of nitro benzene ring substituents is 1. The number of nitrogens with zero attached hydrogens (tertiary/aromatic N) is 1. The smallest absolute Gasteiger partial charge is 0.293 e. The summed E-state index contributed by atoms with van der Waals surface area (Å²) in [6, 6.07) is 3.90. The lowest BCUT2D eigenvalue weighted by atomic mass is 9.88. The van der Waals surface area contributed by atoms with Crippen LogP contribution in [0.15, 0.2) is 23.1 Å². The number of benzene rings is 1. The molecule has 0 bridgehead atoms. The van der Waals surface area contributed by atoms with Crippen molar-refractivity contribution in [1.29, 1.82) is 0 Å². The fraction of sp³-hybridized carbons (Fsp3) is 0.538. The Morgan fingerprint density at radius 1 is 1.30 bits per heavy atom. The summed E-state index contributed by atoms with van der Waals surface area (Å²) in [7, 11) is -3.46. The fourth-order valence-electron chi connectivity index (χ4n) is 1.46. The van der Waals surface area contributed by atoms with Gasteiger partial charge in [0, 0.05) is 18.4 Å². The highest BCUT2D eigenvalue weighted by Gasteiger charge is 2.24. The van der Waals surface area contributed by atoms with Crippen LogP contribution < -0.4 is 5.32 Å². The largest absolute Gasteiger partial charge is 0.377 e. The standard InChI is InChI=1S/C13H20N2O4S/c1-9(13(2,3)4)14-11-7-6-10(20(5,18)19)8-12(11)15(16)17/h6-9,14H,1-5H3. The second kappa shape index (κ2) is 5.40. The van der Waals surface area contributed by atoms with Crippen molar-refractivity contribution in [3.63, 3.8) is 0 Å². The number of anilines is 1. The SMILES string of the molecule is CC(Nc1ccc(S(C)(=O)=O)cc1[N+](=O)[O-])C(C)(C)C. The lowest BCUT2D eigenvalue weighted by molar-refractivity contribution is -0.384. The maximum absolute atomic E-state index is 11.5. The van der Waals surface area contributed by atoms with Gasteiger partial charge in [-0.15, -0.1) is 0 Å². The molecule has 1 unspecified atom stereocenters. The zero-order valence-corrected chi connectivity index (χ0v) is 13.1. The molecule has 1 atom stereocenters. The van der Waals surface area contributed by atoms with Crippen molar-refractivity contribution in [2.24, 2.45) is 5.41 Å². The van der Waals surface area contributed by atoms with Crippen molar-refractivity contribution in [2.75, 3.05) is 11.6 Å². The first kappa shape index (κ1) is 16.4. The van der Waals surface area contributed by atoms with Gasteiger partial charge in [0.25, 0.3) is 5.69 Å². The molecular weight excluding hydrogens is 280 g/mol. The Kier molecular flexibility index (Phi) is 4.43. The Morgan fingerprint density at radius 2 is 1.85 bits per heavy atom. The van der Waals surface area contributed by atoms with E-state index in [4.69, 9.17) is 0 Å². The van der Waals surface area contributed by atoms with Crippen LogP contribution in [0.1, 0.15) is 27.7 Å². The number of rotatable bonds is 4. The molecule has 1 rings (SSSR count). The molecule has 0 aliphatic heterocycles. The van der Waals surface area contributed by atoms with Crippen LogP contribution in [0.4, 0.5) is 11.4 Å². The monoisotopic (exact) mass is 300 g/mol. The van der Waals surface area contributed by atoms with E-state index in [2.05, 4.69) is 5.32 Å². The average molecular weight is 300 g/mol. The van der Waals surface area contributed by atoms with Crippen LogP contribution in [0.3, 0.4) is 0 Å². The molecule has 112 valence electrons. The van der Waals surface area contributed by atoms with Gasteiger partial charge in [-0.05, 0) is 24.5 Å². The first-order valence-electron chi connectivity index (χ1n) is 6.18. The quantitative estimate of drug-likeness (QED) is 0.682. The highest BCUT2D eigenvalue weighted by Crippen LogP contribution is 2.31. The van der Waals surface area contributed by atoms with Gasteiger partial charge in [-0.1, -0.05) is 20.8 Å². The van der Waals surface area contributed by atoms with Gasteiger partial charge < -0.3 is 5.32 Å². The zero-order chi connectivity index (χ0) is 15.7. The van der Waals surface area contributed by atoms with Crippen LogP contribution in [0, 0.1) is 15.5 Å². The average Bonchev–Trinajstić information content (AvgIpc) is 2.26. The van der Waals surface area contributed by atoms with Crippen LogP contribution in [-0.4, -0.2) is 25.6 Å². The van der Waals surface area contributed by atoms with Crippen molar-refractivity contribution in [1.82, 2.24) is 0 Å². The summed E-state index contributed by atoms with van der Waals surface area (Å²) in [6.07, 6.45) is 1.02. The minimum Gasteiger partial charge on any atom is -0.377 e. The van der Waals surface area contributed by atoms with E-state index in [9.17, 15) is 18.5 Å². The molecule has 0 spiro atoms. The zero-order valence-electron chi connectivity index (χ0n) is 12.3. The summed E-state index contributed by atoms with van der Waals surface area (Å²) in [4.78, 5) is 10.5. The van der Waals surface area contributed by atoms with E-state index in [0.717, 1.165) is 12.3 Å². The van der Waals surface area contributed by atoms with Crippen molar-refractivity contribution in [3.05, 3.63) is 28.3 Å². The molecule has 0 aliphatic carbocycles. The Bertz CT molecular complexity index is 618. The highest BCUT2D eigenvalue weighted by molar-refractivity contribution is 7.90. The molecule has 0 radical (unpaired) electrons. The van der Waals surface area contributed by atoms with E-state index in [-0.39, 0.29) is 22.0 Å². The van der Waals surface area contributed by atoms with Crippen LogP contribution in [0.25, 0.3) is 0 Å². The Morgan fingerprint density at radius 3 is 2.25 bits per heavy atom. The molecule has 1 aromatic rings. The number of nitrogens with one attached hydrogen (secondary N) is 1.